The summed E-state index contributed by atoms with van der Waals surface area (Å²) in [6.07, 6.45) is 2.77. The highest BCUT2D eigenvalue weighted by Gasteiger charge is 2.21. The maximum absolute atomic E-state index is 12.9. The molecule has 0 spiro atoms. The maximum Gasteiger partial charge on any atom is 0.333 e. The van der Waals surface area contributed by atoms with E-state index < -0.39 is 12.5 Å². The van der Waals surface area contributed by atoms with Gasteiger partial charge in [0.05, 0.1) is 12.2 Å². The van der Waals surface area contributed by atoms with E-state index >= 15 is 0 Å². The smallest absolute Gasteiger partial charge is 0.327 e. The summed E-state index contributed by atoms with van der Waals surface area (Å²) < 4.78 is 26.0. The summed E-state index contributed by atoms with van der Waals surface area (Å²) >= 11 is 0. The predicted molar refractivity (Wildman–Crippen MR) is 92.5 cm³/mol. The Labute approximate surface area is 149 Å². The zero-order valence-electron chi connectivity index (χ0n) is 14.2. The van der Waals surface area contributed by atoms with Crippen molar-refractivity contribution in [2.75, 3.05) is 0 Å². The Morgan fingerprint density at radius 1 is 1.12 bits per heavy atom. The Balaban J connectivity index is 1.88. The van der Waals surface area contributed by atoms with E-state index in [1.807, 2.05) is 49.4 Å². The van der Waals surface area contributed by atoms with E-state index in [0.717, 1.165) is 23.0 Å². The molecule has 0 N–H and O–H groups in total. The summed E-state index contributed by atoms with van der Waals surface area (Å²) in [6.45, 7) is -0.268. The van der Waals surface area contributed by atoms with Gasteiger partial charge in [-0.3, -0.25) is 9.78 Å². The van der Waals surface area contributed by atoms with Crippen LogP contribution in [0.1, 0.15) is 33.9 Å². The fourth-order valence-electron chi connectivity index (χ4n) is 2.59. The van der Waals surface area contributed by atoms with E-state index in [-0.39, 0.29) is 12.2 Å². The molecule has 0 saturated carbocycles. The molecule has 3 aromatic rings. The van der Waals surface area contributed by atoms with E-state index in [9.17, 15) is 13.6 Å². The molecule has 134 valence electrons. The first-order valence-electron chi connectivity index (χ1n) is 8.11. The molecule has 0 radical (unpaired) electrons. The number of carbonyl (C=O) groups is 1. The maximum atomic E-state index is 12.9. The molecule has 1 amide bonds. The van der Waals surface area contributed by atoms with Crippen LogP contribution in [-0.4, -0.2) is 25.6 Å². The van der Waals surface area contributed by atoms with Gasteiger partial charge in [-0.2, -0.15) is 13.9 Å². The van der Waals surface area contributed by atoms with Gasteiger partial charge >= 0.3 is 6.55 Å². The number of hydrogen-bond acceptors (Lipinski definition) is 3. The molecule has 0 atom stereocenters. The van der Waals surface area contributed by atoms with Gasteiger partial charge in [0.1, 0.15) is 0 Å². The molecule has 0 fully saturated rings. The number of amides is 1. The van der Waals surface area contributed by atoms with Crippen LogP contribution < -0.4 is 0 Å². The molecule has 0 unspecified atom stereocenters. The van der Waals surface area contributed by atoms with Crippen LogP contribution in [0, 0.1) is 6.92 Å². The molecule has 0 bridgehead atoms. The topological polar surface area (TPSA) is 51.0 Å². The molecule has 0 aliphatic carbocycles. The van der Waals surface area contributed by atoms with Crippen LogP contribution in [0.25, 0.3) is 0 Å². The highest BCUT2D eigenvalue weighted by molar-refractivity contribution is 5.92. The molecule has 7 heteroatoms. The SMILES string of the molecule is Cc1cccnc1CN(Cc1ccccc1)C(=O)c1ccn(C(F)F)n1. The normalized spacial score (nSPS) is 10.9. The van der Waals surface area contributed by atoms with Crippen LogP contribution in [0.3, 0.4) is 0 Å². The number of nitrogens with zero attached hydrogens (tertiary/aromatic N) is 4. The largest absolute Gasteiger partial charge is 0.333 e. The van der Waals surface area contributed by atoms with Crippen LogP contribution in [0.2, 0.25) is 0 Å². The van der Waals surface area contributed by atoms with E-state index in [0.29, 0.717) is 11.2 Å². The summed E-state index contributed by atoms with van der Waals surface area (Å²) in [7, 11) is 0. The van der Waals surface area contributed by atoms with Crippen molar-refractivity contribution >= 4 is 5.91 Å². The van der Waals surface area contributed by atoms with Gasteiger partial charge in [-0.25, -0.2) is 4.68 Å². The van der Waals surface area contributed by atoms with Gasteiger partial charge in [-0.15, -0.1) is 0 Å². The molecule has 3 rings (SSSR count). The van der Waals surface area contributed by atoms with Crippen LogP contribution in [0.5, 0.6) is 0 Å². The second-order valence-electron chi connectivity index (χ2n) is 5.87. The van der Waals surface area contributed by atoms with Crippen molar-refractivity contribution in [2.24, 2.45) is 0 Å². The minimum Gasteiger partial charge on any atom is -0.327 e. The molecule has 2 heterocycles. The van der Waals surface area contributed by atoms with Crippen molar-refractivity contribution in [3.63, 3.8) is 0 Å². The lowest BCUT2D eigenvalue weighted by atomic mass is 10.1. The van der Waals surface area contributed by atoms with Crippen molar-refractivity contribution in [2.45, 2.75) is 26.6 Å². The molecule has 2 aromatic heterocycles. The van der Waals surface area contributed by atoms with Crippen molar-refractivity contribution in [3.8, 4) is 0 Å². The van der Waals surface area contributed by atoms with Crippen LogP contribution >= 0.6 is 0 Å². The van der Waals surface area contributed by atoms with Gasteiger partial charge in [0.2, 0.25) is 0 Å². The molecule has 1 aromatic carbocycles. The number of aromatic nitrogens is 3. The first-order chi connectivity index (χ1) is 12.5. The average molecular weight is 356 g/mol. The Hall–Kier alpha value is -3.09. The van der Waals surface area contributed by atoms with Gasteiger partial charge in [-0.1, -0.05) is 36.4 Å². The first-order valence-corrected chi connectivity index (χ1v) is 8.11. The van der Waals surface area contributed by atoms with Crippen molar-refractivity contribution in [1.29, 1.82) is 0 Å². The van der Waals surface area contributed by atoms with Crippen LogP contribution in [0.15, 0.2) is 60.9 Å². The molecule has 0 aliphatic rings. The van der Waals surface area contributed by atoms with Crippen molar-refractivity contribution in [1.82, 2.24) is 19.7 Å². The predicted octanol–water partition coefficient (Wildman–Crippen LogP) is 3.82. The third kappa shape index (κ3) is 4.11. The minimum absolute atomic E-state index is 0.0187. The van der Waals surface area contributed by atoms with Gasteiger partial charge in [0.15, 0.2) is 5.69 Å². The highest BCUT2D eigenvalue weighted by atomic mass is 19.3. The zero-order chi connectivity index (χ0) is 18.5. The van der Waals surface area contributed by atoms with Gasteiger partial charge in [-0.05, 0) is 30.2 Å². The van der Waals surface area contributed by atoms with E-state index in [1.165, 1.54) is 6.07 Å². The number of pyridine rings is 1. The summed E-state index contributed by atoms with van der Waals surface area (Å²) in [5.41, 5.74) is 2.62. The number of hydrogen-bond donors (Lipinski definition) is 0. The number of rotatable bonds is 6. The summed E-state index contributed by atoms with van der Waals surface area (Å²) in [5.74, 6) is -0.418. The zero-order valence-corrected chi connectivity index (χ0v) is 14.2. The summed E-state index contributed by atoms with van der Waals surface area (Å²) in [6, 6.07) is 14.5. The molecular formula is C19H18F2N4O. The van der Waals surface area contributed by atoms with E-state index in [1.54, 1.807) is 11.1 Å². The Morgan fingerprint density at radius 2 is 1.88 bits per heavy atom. The van der Waals surface area contributed by atoms with Gasteiger partial charge in [0, 0.05) is 18.9 Å². The molecule has 5 nitrogen and oxygen atoms in total. The third-order valence-corrected chi connectivity index (χ3v) is 3.99. The van der Waals surface area contributed by atoms with E-state index in [2.05, 4.69) is 10.1 Å². The Morgan fingerprint density at radius 3 is 2.54 bits per heavy atom. The Bertz CT molecular complexity index is 880. The second-order valence-corrected chi connectivity index (χ2v) is 5.87. The first kappa shape index (κ1) is 17.7. The quantitative estimate of drug-likeness (QED) is 0.675. The van der Waals surface area contributed by atoms with Crippen LogP contribution in [-0.2, 0) is 13.1 Å². The van der Waals surface area contributed by atoms with Gasteiger partial charge < -0.3 is 4.90 Å². The fourth-order valence-corrected chi connectivity index (χ4v) is 2.59. The van der Waals surface area contributed by atoms with Gasteiger partial charge in [0.25, 0.3) is 5.91 Å². The molecular weight excluding hydrogens is 338 g/mol. The van der Waals surface area contributed by atoms with Crippen molar-refractivity contribution in [3.05, 3.63) is 83.4 Å². The molecule has 0 saturated heterocycles. The number of carbonyl (C=O) groups excluding carboxylic acids is 1. The third-order valence-electron chi connectivity index (χ3n) is 3.99. The second kappa shape index (κ2) is 7.86. The Kier molecular flexibility index (Phi) is 5.36. The van der Waals surface area contributed by atoms with Crippen molar-refractivity contribution < 1.29 is 13.6 Å². The highest BCUT2D eigenvalue weighted by Crippen LogP contribution is 2.16. The lowest BCUT2D eigenvalue weighted by Crippen LogP contribution is -2.31. The fraction of sp³-hybridized carbons (Fsp3) is 0.211. The number of benzene rings is 1. The monoisotopic (exact) mass is 356 g/mol. The number of aryl methyl sites for hydroxylation is 1. The minimum atomic E-state index is -2.78. The van der Waals surface area contributed by atoms with E-state index in [4.69, 9.17) is 0 Å². The summed E-state index contributed by atoms with van der Waals surface area (Å²) in [4.78, 5) is 18.8. The lowest BCUT2D eigenvalue weighted by Gasteiger charge is -2.22. The number of halogens is 2. The number of alkyl halides is 2. The molecule has 26 heavy (non-hydrogen) atoms. The standard InChI is InChI=1S/C19H18F2N4O/c1-14-6-5-10-22-17(14)13-24(12-15-7-3-2-4-8-15)18(26)16-9-11-25(23-16)19(20)21/h2-11,19H,12-13H2,1H3. The average Bonchev–Trinajstić information content (AvgIpc) is 3.14. The summed E-state index contributed by atoms with van der Waals surface area (Å²) in [5, 5.41) is 3.69. The molecule has 0 aliphatic heterocycles. The lowest BCUT2D eigenvalue weighted by molar-refractivity contribution is 0.0548. The van der Waals surface area contributed by atoms with Crippen LogP contribution in [0.4, 0.5) is 8.78 Å².